The summed E-state index contributed by atoms with van der Waals surface area (Å²) in [6.45, 7) is 2.78. The molecule has 1 N–H and O–H groups in total. The first-order valence-corrected chi connectivity index (χ1v) is 12.2. The van der Waals surface area contributed by atoms with Gasteiger partial charge < -0.3 is 9.84 Å². The molecular formula is C32H30O2. The SMILES string of the molecule is C[C@]12C[C@@H](O)[C@@]1(COC(c1ccccc1)(c1ccccc1)c1ccccc1)Cc1ccccc12. The second-order valence-electron chi connectivity index (χ2n) is 10.1. The maximum Gasteiger partial charge on any atom is 0.143 e. The largest absolute Gasteiger partial charge is 0.392 e. The molecule has 0 unspecified atom stereocenters. The molecule has 0 radical (unpaired) electrons. The summed E-state index contributed by atoms with van der Waals surface area (Å²) in [6, 6.07) is 40.2. The summed E-state index contributed by atoms with van der Waals surface area (Å²) in [6.07, 6.45) is 1.24. The zero-order valence-electron chi connectivity index (χ0n) is 19.5. The van der Waals surface area contributed by atoms with Crippen molar-refractivity contribution in [3.8, 4) is 0 Å². The van der Waals surface area contributed by atoms with Crippen LogP contribution in [0.2, 0.25) is 0 Å². The molecule has 0 spiro atoms. The topological polar surface area (TPSA) is 29.5 Å². The highest BCUT2D eigenvalue weighted by atomic mass is 16.5. The van der Waals surface area contributed by atoms with Crippen molar-refractivity contribution in [3.63, 3.8) is 0 Å². The first-order valence-electron chi connectivity index (χ1n) is 12.2. The minimum Gasteiger partial charge on any atom is -0.392 e. The van der Waals surface area contributed by atoms with Crippen molar-refractivity contribution in [2.45, 2.75) is 36.9 Å². The standard InChI is InChI=1S/C32H30O2/c1-30-22-29(33)31(30,21-24-13-11-12-20-28(24)30)23-34-32(25-14-5-2-6-15-25,26-16-7-3-8-17-26)27-18-9-4-10-19-27/h2-20,29,33H,21-23H2,1H3/t29-,30-,31+/m1/s1. The van der Waals surface area contributed by atoms with Gasteiger partial charge in [-0.1, -0.05) is 122 Å². The van der Waals surface area contributed by atoms with E-state index in [1.807, 2.05) is 18.2 Å². The zero-order chi connectivity index (χ0) is 23.2. The Morgan fingerprint density at radius 1 is 0.735 bits per heavy atom. The van der Waals surface area contributed by atoms with E-state index in [0.717, 1.165) is 29.5 Å². The molecule has 0 aliphatic heterocycles. The highest BCUT2D eigenvalue weighted by Crippen LogP contribution is 2.65. The minimum atomic E-state index is -0.774. The predicted molar refractivity (Wildman–Crippen MR) is 136 cm³/mol. The van der Waals surface area contributed by atoms with E-state index < -0.39 is 5.60 Å². The van der Waals surface area contributed by atoms with Crippen LogP contribution in [0.3, 0.4) is 0 Å². The van der Waals surface area contributed by atoms with Crippen LogP contribution in [0.5, 0.6) is 0 Å². The highest BCUT2D eigenvalue weighted by Gasteiger charge is 2.67. The summed E-state index contributed by atoms with van der Waals surface area (Å²) in [5.74, 6) is 0. The third kappa shape index (κ3) is 2.89. The maximum atomic E-state index is 11.2. The smallest absolute Gasteiger partial charge is 0.143 e. The first kappa shape index (κ1) is 21.3. The fraction of sp³-hybridized carbons (Fsp3) is 0.250. The molecule has 1 saturated carbocycles. The van der Waals surface area contributed by atoms with Crippen LogP contribution < -0.4 is 0 Å². The molecule has 1 fully saturated rings. The summed E-state index contributed by atoms with van der Waals surface area (Å²) in [5, 5.41) is 11.2. The van der Waals surface area contributed by atoms with Gasteiger partial charge in [0.15, 0.2) is 0 Å². The Labute approximate surface area is 201 Å². The molecule has 0 saturated heterocycles. The minimum absolute atomic E-state index is 0.0845. The van der Waals surface area contributed by atoms with E-state index >= 15 is 0 Å². The normalized spacial score (nSPS) is 25.3. The fourth-order valence-corrected chi connectivity index (χ4v) is 6.58. The Hall–Kier alpha value is -3.20. The Morgan fingerprint density at radius 3 is 1.71 bits per heavy atom. The number of fused-ring (bicyclic) bond motifs is 3. The number of ether oxygens (including phenoxy) is 1. The lowest BCUT2D eigenvalue weighted by molar-refractivity contribution is -0.181. The molecule has 4 aromatic carbocycles. The molecule has 2 aliphatic carbocycles. The average molecular weight is 447 g/mol. The Bertz CT molecular complexity index is 1190. The third-order valence-electron chi connectivity index (χ3n) is 8.54. The lowest BCUT2D eigenvalue weighted by Gasteiger charge is -2.58. The Morgan fingerprint density at radius 2 is 1.21 bits per heavy atom. The summed E-state index contributed by atoms with van der Waals surface area (Å²) < 4.78 is 7.20. The van der Waals surface area contributed by atoms with Crippen molar-refractivity contribution >= 4 is 0 Å². The molecule has 0 heterocycles. The van der Waals surface area contributed by atoms with E-state index in [1.54, 1.807) is 0 Å². The molecular weight excluding hydrogens is 416 g/mol. The fourth-order valence-electron chi connectivity index (χ4n) is 6.58. The summed E-state index contributed by atoms with van der Waals surface area (Å²) in [5.41, 5.74) is 4.80. The van der Waals surface area contributed by atoms with E-state index in [2.05, 4.69) is 104 Å². The highest BCUT2D eigenvalue weighted by molar-refractivity contribution is 5.50. The molecule has 34 heavy (non-hydrogen) atoms. The van der Waals surface area contributed by atoms with Gasteiger partial charge >= 0.3 is 0 Å². The average Bonchev–Trinajstić information content (AvgIpc) is 3.10. The van der Waals surface area contributed by atoms with Crippen molar-refractivity contribution < 1.29 is 9.84 Å². The quantitative estimate of drug-likeness (QED) is 0.354. The van der Waals surface area contributed by atoms with Crippen LogP contribution in [-0.4, -0.2) is 17.8 Å². The van der Waals surface area contributed by atoms with Crippen molar-refractivity contribution in [1.29, 1.82) is 0 Å². The number of aliphatic hydroxyl groups is 1. The molecule has 2 nitrogen and oxygen atoms in total. The van der Waals surface area contributed by atoms with E-state index in [0.29, 0.717) is 6.61 Å². The van der Waals surface area contributed by atoms with Crippen LogP contribution in [0.4, 0.5) is 0 Å². The van der Waals surface area contributed by atoms with Crippen LogP contribution in [0.1, 0.15) is 41.2 Å². The van der Waals surface area contributed by atoms with Crippen molar-refractivity contribution in [1.82, 2.24) is 0 Å². The van der Waals surface area contributed by atoms with Gasteiger partial charge in [-0.15, -0.1) is 0 Å². The lowest BCUT2D eigenvalue weighted by atomic mass is 9.49. The van der Waals surface area contributed by atoms with Crippen LogP contribution in [0.25, 0.3) is 0 Å². The number of hydrogen-bond donors (Lipinski definition) is 1. The van der Waals surface area contributed by atoms with Gasteiger partial charge in [-0.25, -0.2) is 0 Å². The van der Waals surface area contributed by atoms with Gasteiger partial charge in [0, 0.05) is 10.8 Å². The van der Waals surface area contributed by atoms with Gasteiger partial charge in [-0.3, -0.25) is 0 Å². The maximum absolute atomic E-state index is 11.2. The van der Waals surface area contributed by atoms with Crippen molar-refractivity contribution in [2.24, 2.45) is 5.41 Å². The van der Waals surface area contributed by atoms with Gasteiger partial charge in [-0.2, -0.15) is 0 Å². The third-order valence-corrected chi connectivity index (χ3v) is 8.54. The molecule has 4 aromatic rings. The summed E-state index contributed by atoms with van der Waals surface area (Å²) in [7, 11) is 0. The zero-order valence-corrected chi connectivity index (χ0v) is 19.5. The molecule has 170 valence electrons. The predicted octanol–water partition coefficient (Wildman–Crippen LogP) is 6.26. The van der Waals surface area contributed by atoms with Gasteiger partial charge in [0.25, 0.3) is 0 Å². The molecule has 0 amide bonds. The number of hydrogen-bond acceptors (Lipinski definition) is 2. The van der Waals surface area contributed by atoms with E-state index in [-0.39, 0.29) is 16.9 Å². The lowest BCUT2D eigenvalue weighted by Crippen LogP contribution is -2.64. The molecule has 6 rings (SSSR count). The second kappa shape index (κ2) is 7.94. The van der Waals surface area contributed by atoms with E-state index in [4.69, 9.17) is 4.74 Å². The van der Waals surface area contributed by atoms with Gasteiger partial charge in [0.1, 0.15) is 5.60 Å². The van der Waals surface area contributed by atoms with E-state index in [1.165, 1.54) is 11.1 Å². The van der Waals surface area contributed by atoms with Crippen LogP contribution in [0.15, 0.2) is 115 Å². The van der Waals surface area contributed by atoms with Crippen LogP contribution in [0, 0.1) is 5.41 Å². The molecule has 0 bridgehead atoms. The first-order chi connectivity index (χ1) is 16.6. The van der Waals surface area contributed by atoms with Crippen molar-refractivity contribution in [2.75, 3.05) is 6.61 Å². The molecule has 2 aliphatic rings. The second-order valence-corrected chi connectivity index (χ2v) is 10.1. The summed E-state index contributed by atoms with van der Waals surface area (Å²) in [4.78, 5) is 0. The molecule has 2 heteroatoms. The van der Waals surface area contributed by atoms with Crippen molar-refractivity contribution in [3.05, 3.63) is 143 Å². The van der Waals surface area contributed by atoms with Crippen LogP contribution in [-0.2, 0) is 22.2 Å². The van der Waals surface area contributed by atoms with Gasteiger partial charge in [-0.05, 0) is 40.7 Å². The Kier molecular flexibility index (Phi) is 4.98. The van der Waals surface area contributed by atoms with Gasteiger partial charge in [0.2, 0.25) is 0 Å². The number of rotatable bonds is 6. The molecule has 0 aromatic heterocycles. The Balaban J connectivity index is 1.49. The number of benzene rings is 4. The number of aliphatic hydroxyl groups excluding tert-OH is 1. The van der Waals surface area contributed by atoms with Crippen LogP contribution >= 0.6 is 0 Å². The summed E-state index contributed by atoms with van der Waals surface area (Å²) >= 11 is 0. The monoisotopic (exact) mass is 446 g/mol. The molecule has 3 atom stereocenters. The van der Waals surface area contributed by atoms with Gasteiger partial charge in [0.05, 0.1) is 12.7 Å². The van der Waals surface area contributed by atoms with E-state index in [9.17, 15) is 5.11 Å².